The molecule has 2 aliphatic rings. The lowest BCUT2D eigenvalue weighted by molar-refractivity contribution is -0.133. The molecular weight excluding hydrogens is 268 g/mol. The van der Waals surface area contributed by atoms with Crippen molar-refractivity contribution >= 4 is 17.2 Å². The van der Waals surface area contributed by atoms with Crippen LogP contribution in [0.2, 0.25) is 0 Å². The highest BCUT2D eigenvalue weighted by Crippen LogP contribution is 2.36. The minimum Gasteiger partial charge on any atom is -0.335 e. The second kappa shape index (κ2) is 6.27. The van der Waals surface area contributed by atoms with Crippen molar-refractivity contribution < 1.29 is 4.79 Å². The fraction of sp³-hybridized carbons (Fsp3) is 0.688. The molecule has 1 saturated heterocycles. The van der Waals surface area contributed by atoms with E-state index in [1.807, 2.05) is 0 Å². The van der Waals surface area contributed by atoms with Gasteiger partial charge in [-0.05, 0) is 43.0 Å². The van der Waals surface area contributed by atoms with Gasteiger partial charge in [-0.15, -0.1) is 11.3 Å². The maximum absolute atomic E-state index is 12.6. The molecule has 1 aliphatic carbocycles. The van der Waals surface area contributed by atoms with E-state index in [2.05, 4.69) is 22.4 Å². The second-order valence-corrected chi connectivity index (χ2v) is 7.15. The third-order valence-electron chi connectivity index (χ3n) is 4.85. The second-order valence-electron chi connectivity index (χ2n) is 6.17. The van der Waals surface area contributed by atoms with Crippen LogP contribution in [0.1, 0.15) is 55.9 Å². The Labute approximate surface area is 125 Å². The van der Waals surface area contributed by atoms with Crippen molar-refractivity contribution in [2.24, 2.45) is 11.7 Å². The van der Waals surface area contributed by atoms with Crippen LogP contribution in [0.15, 0.2) is 17.5 Å². The van der Waals surface area contributed by atoms with Crippen molar-refractivity contribution in [1.82, 2.24) is 4.90 Å². The molecule has 3 atom stereocenters. The summed E-state index contributed by atoms with van der Waals surface area (Å²) in [4.78, 5) is 16.1. The Kier molecular flexibility index (Phi) is 4.41. The van der Waals surface area contributed by atoms with Crippen LogP contribution in [0.4, 0.5) is 0 Å². The molecule has 3 rings (SSSR count). The van der Waals surface area contributed by atoms with Crippen molar-refractivity contribution in [3.8, 4) is 0 Å². The molecule has 4 heteroatoms. The lowest BCUT2D eigenvalue weighted by Crippen LogP contribution is -2.38. The number of amides is 1. The molecule has 110 valence electrons. The summed E-state index contributed by atoms with van der Waals surface area (Å²) in [5.41, 5.74) is 6.19. The zero-order valence-corrected chi connectivity index (χ0v) is 12.8. The monoisotopic (exact) mass is 292 g/mol. The lowest BCUT2D eigenvalue weighted by atomic mass is 9.82. The molecule has 0 bridgehead atoms. The maximum atomic E-state index is 12.6. The van der Waals surface area contributed by atoms with E-state index >= 15 is 0 Å². The van der Waals surface area contributed by atoms with Gasteiger partial charge in [-0.2, -0.15) is 0 Å². The summed E-state index contributed by atoms with van der Waals surface area (Å²) in [6, 6.07) is 4.79. The molecule has 1 aromatic heterocycles. The van der Waals surface area contributed by atoms with E-state index in [9.17, 15) is 4.79 Å². The van der Waals surface area contributed by atoms with Gasteiger partial charge in [0.1, 0.15) is 0 Å². The maximum Gasteiger partial charge on any atom is 0.223 e. The summed E-state index contributed by atoms with van der Waals surface area (Å²) in [6.07, 6.45) is 7.58. The third-order valence-corrected chi connectivity index (χ3v) is 5.82. The Morgan fingerprint density at radius 3 is 2.90 bits per heavy atom. The van der Waals surface area contributed by atoms with Gasteiger partial charge in [0, 0.05) is 23.9 Å². The van der Waals surface area contributed by atoms with Gasteiger partial charge in [0.2, 0.25) is 5.91 Å². The summed E-state index contributed by atoms with van der Waals surface area (Å²) in [5, 5.41) is 2.10. The van der Waals surface area contributed by atoms with E-state index in [1.165, 1.54) is 17.7 Å². The molecule has 3 unspecified atom stereocenters. The number of nitrogens with zero attached hydrogens (tertiary/aromatic N) is 1. The number of thiophene rings is 1. The molecular formula is C16H24N2OS. The third kappa shape index (κ3) is 2.91. The van der Waals surface area contributed by atoms with Crippen LogP contribution in [0.25, 0.3) is 0 Å². The molecule has 0 aromatic carbocycles. The van der Waals surface area contributed by atoms with Gasteiger partial charge in [0.05, 0.1) is 6.04 Å². The van der Waals surface area contributed by atoms with Gasteiger partial charge in [0.25, 0.3) is 0 Å². The number of carbonyl (C=O) groups is 1. The Hall–Kier alpha value is -0.870. The largest absolute Gasteiger partial charge is 0.335 e. The molecule has 0 radical (unpaired) electrons. The number of hydrogen-bond acceptors (Lipinski definition) is 3. The Morgan fingerprint density at radius 1 is 1.30 bits per heavy atom. The molecule has 2 heterocycles. The topological polar surface area (TPSA) is 46.3 Å². The average Bonchev–Trinajstić information content (AvgIpc) is 3.11. The zero-order valence-electron chi connectivity index (χ0n) is 12.0. The minimum atomic E-state index is 0.232. The number of hydrogen-bond donors (Lipinski definition) is 1. The molecule has 1 saturated carbocycles. The summed E-state index contributed by atoms with van der Waals surface area (Å²) in [6.45, 7) is 0.920. The first-order valence-corrected chi connectivity index (χ1v) is 8.72. The number of carbonyl (C=O) groups excluding carboxylic acids is 1. The Morgan fingerprint density at radius 2 is 2.15 bits per heavy atom. The average molecular weight is 292 g/mol. The lowest BCUT2D eigenvalue weighted by Gasteiger charge is -2.31. The first-order chi connectivity index (χ1) is 9.75. The highest BCUT2D eigenvalue weighted by molar-refractivity contribution is 7.10. The van der Waals surface area contributed by atoms with E-state index in [4.69, 9.17) is 5.73 Å². The minimum absolute atomic E-state index is 0.232. The SMILES string of the molecule is NC1CCCCC1CC(=O)N1CCCC1c1cccs1. The van der Waals surface area contributed by atoms with Crippen molar-refractivity contribution in [2.75, 3.05) is 6.54 Å². The van der Waals surface area contributed by atoms with Gasteiger partial charge >= 0.3 is 0 Å². The van der Waals surface area contributed by atoms with Crippen molar-refractivity contribution in [1.29, 1.82) is 0 Å². The molecule has 3 nitrogen and oxygen atoms in total. The van der Waals surface area contributed by atoms with Crippen LogP contribution >= 0.6 is 11.3 Å². The summed E-state index contributed by atoms with van der Waals surface area (Å²) in [5.74, 6) is 0.726. The quantitative estimate of drug-likeness (QED) is 0.929. The van der Waals surface area contributed by atoms with E-state index < -0.39 is 0 Å². The van der Waals surface area contributed by atoms with Crippen LogP contribution in [0.3, 0.4) is 0 Å². The highest BCUT2D eigenvalue weighted by atomic mass is 32.1. The number of nitrogens with two attached hydrogens (primary N) is 1. The molecule has 2 N–H and O–H groups in total. The van der Waals surface area contributed by atoms with Crippen LogP contribution < -0.4 is 5.73 Å². The smallest absolute Gasteiger partial charge is 0.223 e. The predicted molar refractivity (Wildman–Crippen MR) is 82.6 cm³/mol. The van der Waals surface area contributed by atoms with Crippen molar-refractivity contribution in [3.63, 3.8) is 0 Å². The summed E-state index contributed by atoms with van der Waals surface area (Å²) in [7, 11) is 0. The van der Waals surface area contributed by atoms with Gasteiger partial charge < -0.3 is 10.6 Å². The molecule has 20 heavy (non-hydrogen) atoms. The van der Waals surface area contributed by atoms with Crippen LogP contribution in [0, 0.1) is 5.92 Å². The predicted octanol–water partition coefficient (Wildman–Crippen LogP) is 3.32. The fourth-order valence-electron chi connectivity index (χ4n) is 3.67. The number of likely N-dealkylation sites (tertiary alicyclic amines) is 1. The summed E-state index contributed by atoms with van der Waals surface area (Å²) >= 11 is 1.77. The normalized spacial score (nSPS) is 30.6. The van der Waals surface area contributed by atoms with Crippen molar-refractivity contribution in [2.45, 2.75) is 57.0 Å². The first kappa shape index (κ1) is 14.1. The number of rotatable bonds is 3. The van der Waals surface area contributed by atoms with Crippen LogP contribution in [0.5, 0.6) is 0 Å². The fourth-order valence-corrected chi connectivity index (χ4v) is 4.55. The van der Waals surface area contributed by atoms with E-state index in [0.29, 0.717) is 24.3 Å². The van der Waals surface area contributed by atoms with Crippen LogP contribution in [-0.2, 0) is 4.79 Å². The van der Waals surface area contributed by atoms with Gasteiger partial charge in [-0.25, -0.2) is 0 Å². The van der Waals surface area contributed by atoms with E-state index in [0.717, 1.165) is 32.2 Å². The standard InChI is InChI=1S/C16H24N2OS/c17-13-6-2-1-5-12(13)11-16(19)18-9-3-7-14(18)15-8-4-10-20-15/h4,8,10,12-14H,1-3,5-7,9,11,17H2. The van der Waals surface area contributed by atoms with Crippen LogP contribution in [-0.4, -0.2) is 23.4 Å². The van der Waals surface area contributed by atoms with Gasteiger partial charge in [-0.1, -0.05) is 18.9 Å². The molecule has 2 fully saturated rings. The van der Waals surface area contributed by atoms with Gasteiger partial charge in [0.15, 0.2) is 0 Å². The van der Waals surface area contributed by atoms with Gasteiger partial charge in [-0.3, -0.25) is 4.79 Å². The first-order valence-electron chi connectivity index (χ1n) is 7.84. The molecule has 1 aromatic rings. The van der Waals surface area contributed by atoms with E-state index in [1.54, 1.807) is 11.3 Å². The highest BCUT2D eigenvalue weighted by Gasteiger charge is 2.33. The van der Waals surface area contributed by atoms with Crippen molar-refractivity contribution in [3.05, 3.63) is 22.4 Å². The van der Waals surface area contributed by atoms with E-state index in [-0.39, 0.29) is 6.04 Å². The molecule has 0 spiro atoms. The zero-order chi connectivity index (χ0) is 13.9. The summed E-state index contributed by atoms with van der Waals surface area (Å²) < 4.78 is 0. The molecule has 1 amide bonds. The molecule has 1 aliphatic heterocycles. The Balaban J connectivity index is 1.64. The Bertz CT molecular complexity index is 445.